The summed E-state index contributed by atoms with van der Waals surface area (Å²) in [5.41, 5.74) is -0.588. The van der Waals surface area contributed by atoms with Crippen LogP contribution in [-0.4, -0.2) is 14.5 Å². The molecule has 4 heteroatoms. The van der Waals surface area contributed by atoms with Crippen molar-refractivity contribution < 1.29 is 11.0 Å². The standard InChI is InChI=1S/C9H8BrN3/c1-7-5-13(6-12-7)9-3-2-8(10)4-11-9/h2-6H,1H3/i1D3,2D,3D,4D,5D,6D. The van der Waals surface area contributed by atoms with E-state index in [9.17, 15) is 0 Å². The highest BCUT2D eigenvalue weighted by Gasteiger charge is 1.97. The van der Waals surface area contributed by atoms with E-state index in [1.165, 1.54) is 0 Å². The average Bonchev–Trinajstić information content (AvgIpc) is 2.67. The van der Waals surface area contributed by atoms with Crippen LogP contribution in [0, 0.1) is 6.85 Å². The molecule has 66 valence electrons. The van der Waals surface area contributed by atoms with Crippen molar-refractivity contribution in [1.29, 1.82) is 0 Å². The highest BCUT2D eigenvalue weighted by atomic mass is 79.9. The number of hydrogen-bond donors (Lipinski definition) is 0. The number of imidazole rings is 1. The summed E-state index contributed by atoms with van der Waals surface area (Å²) in [5, 5.41) is 0. The van der Waals surface area contributed by atoms with Crippen LogP contribution in [0.2, 0.25) is 0 Å². The largest absolute Gasteiger partial charge is 0.290 e. The predicted octanol–water partition coefficient (Wildman–Crippen LogP) is 2.34. The van der Waals surface area contributed by atoms with Gasteiger partial charge in [-0.1, -0.05) is 0 Å². The van der Waals surface area contributed by atoms with Crippen LogP contribution in [0.3, 0.4) is 0 Å². The summed E-state index contributed by atoms with van der Waals surface area (Å²) in [6, 6.07) is -0.776. The second kappa shape index (κ2) is 3.30. The second-order valence-electron chi connectivity index (χ2n) is 2.12. The summed E-state index contributed by atoms with van der Waals surface area (Å²) in [7, 11) is 0. The van der Waals surface area contributed by atoms with Gasteiger partial charge in [-0.25, -0.2) is 9.97 Å². The molecule has 0 aliphatic heterocycles. The molecule has 0 saturated heterocycles. The van der Waals surface area contributed by atoms with Gasteiger partial charge >= 0.3 is 0 Å². The van der Waals surface area contributed by atoms with Crippen molar-refractivity contribution >= 4 is 15.9 Å². The Hall–Kier alpha value is -1.16. The first-order valence-corrected chi connectivity index (χ1v) is 4.05. The third-order valence-corrected chi connectivity index (χ3v) is 1.61. The van der Waals surface area contributed by atoms with Crippen molar-refractivity contribution in [1.82, 2.24) is 14.5 Å². The van der Waals surface area contributed by atoms with E-state index in [2.05, 4.69) is 25.9 Å². The van der Waals surface area contributed by atoms with Gasteiger partial charge in [0, 0.05) is 20.9 Å². The van der Waals surface area contributed by atoms with E-state index in [0.29, 0.717) is 0 Å². The van der Waals surface area contributed by atoms with Crippen molar-refractivity contribution in [2.75, 3.05) is 0 Å². The molecule has 0 amide bonds. The number of aromatic nitrogens is 3. The highest BCUT2D eigenvalue weighted by Crippen LogP contribution is 2.10. The van der Waals surface area contributed by atoms with E-state index in [0.717, 1.165) is 4.57 Å². The lowest BCUT2D eigenvalue weighted by Gasteiger charge is -1.99. The van der Waals surface area contributed by atoms with E-state index in [4.69, 9.17) is 11.0 Å². The average molecular weight is 246 g/mol. The number of aryl methyl sites for hydroxylation is 1. The molecule has 13 heavy (non-hydrogen) atoms. The Bertz CT molecular complexity index is 723. The van der Waals surface area contributed by atoms with Crippen LogP contribution in [0.1, 0.15) is 16.7 Å². The van der Waals surface area contributed by atoms with Gasteiger partial charge in [-0.2, -0.15) is 0 Å². The van der Waals surface area contributed by atoms with Crippen molar-refractivity contribution in [3.8, 4) is 5.82 Å². The zero-order valence-corrected chi connectivity index (χ0v) is 7.81. The molecule has 0 aliphatic carbocycles. The maximum absolute atomic E-state index is 7.81. The maximum Gasteiger partial charge on any atom is 0.137 e. The molecular formula is C9H8BrN3. The minimum absolute atomic E-state index is 0.00507. The summed E-state index contributed by atoms with van der Waals surface area (Å²) in [4.78, 5) is 7.23. The van der Waals surface area contributed by atoms with Gasteiger partial charge in [0.25, 0.3) is 0 Å². The molecular weight excluding hydrogens is 230 g/mol. The Morgan fingerprint density at radius 1 is 1.54 bits per heavy atom. The fraction of sp³-hybridized carbons (Fsp3) is 0.111. The molecule has 0 saturated carbocycles. The van der Waals surface area contributed by atoms with Crippen molar-refractivity contribution in [2.24, 2.45) is 0 Å². The van der Waals surface area contributed by atoms with E-state index in [-0.39, 0.29) is 22.5 Å². The molecule has 0 radical (unpaired) electrons. The van der Waals surface area contributed by atoms with Crippen LogP contribution < -0.4 is 0 Å². The smallest absolute Gasteiger partial charge is 0.137 e. The number of hydrogen-bond acceptors (Lipinski definition) is 2. The Balaban J connectivity index is 2.78. The summed E-state index contributed by atoms with van der Waals surface area (Å²) >= 11 is 2.94. The third kappa shape index (κ3) is 1.78. The molecule has 0 fully saturated rings. The first kappa shape index (κ1) is 3.20. The zero-order chi connectivity index (χ0) is 16.1. The quantitative estimate of drug-likeness (QED) is 0.773. The summed E-state index contributed by atoms with van der Waals surface area (Å²) < 4.78 is 61.1. The number of halogens is 1. The summed E-state index contributed by atoms with van der Waals surface area (Å²) in [6.07, 6.45) is -1.55. The third-order valence-electron chi connectivity index (χ3n) is 1.24. The van der Waals surface area contributed by atoms with Crippen molar-refractivity contribution in [2.45, 2.75) is 6.85 Å². The Kier molecular flexibility index (Phi) is 0.813. The maximum atomic E-state index is 7.81. The first-order chi connectivity index (χ1) is 9.55. The second-order valence-corrected chi connectivity index (χ2v) is 2.91. The van der Waals surface area contributed by atoms with Gasteiger partial charge in [-0.3, -0.25) is 4.57 Å². The molecule has 0 aliphatic rings. The monoisotopic (exact) mass is 245 g/mol. The van der Waals surface area contributed by atoms with E-state index < -0.39 is 31.1 Å². The van der Waals surface area contributed by atoms with Gasteiger partial charge in [0.15, 0.2) is 0 Å². The zero-order valence-electron chi connectivity index (χ0n) is 14.2. The number of nitrogens with zero attached hydrogens (tertiary/aromatic N) is 3. The SMILES string of the molecule is [2H]c1nc(-n2c([2H])nc(C([2H])([2H])[2H])c2[2H])c([2H])c([2H])c1Br. The van der Waals surface area contributed by atoms with Crippen LogP contribution in [0.25, 0.3) is 5.82 Å². The summed E-state index contributed by atoms with van der Waals surface area (Å²) in [5.74, 6) is -0.341. The number of pyridine rings is 1. The van der Waals surface area contributed by atoms with Crippen LogP contribution in [0.15, 0.2) is 35.2 Å². The molecule has 0 aromatic carbocycles. The summed E-state index contributed by atoms with van der Waals surface area (Å²) in [6.45, 7) is -2.68. The minimum Gasteiger partial charge on any atom is -0.290 e. The van der Waals surface area contributed by atoms with Crippen LogP contribution in [-0.2, 0) is 0 Å². The fourth-order valence-electron chi connectivity index (χ4n) is 0.731. The van der Waals surface area contributed by atoms with Gasteiger partial charge in [0.1, 0.15) is 13.5 Å². The van der Waals surface area contributed by atoms with Crippen molar-refractivity contribution in [3.05, 3.63) is 40.9 Å². The van der Waals surface area contributed by atoms with Crippen LogP contribution >= 0.6 is 15.9 Å². The molecule has 2 aromatic heterocycles. The van der Waals surface area contributed by atoms with Gasteiger partial charge in [-0.15, -0.1) is 0 Å². The first-order valence-electron chi connectivity index (χ1n) is 7.25. The Morgan fingerprint density at radius 3 is 3.23 bits per heavy atom. The Labute approximate surface area is 95.8 Å². The van der Waals surface area contributed by atoms with Crippen LogP contribution in [0.4, 0.5) is 0 Å². The Morgan fingerprint density at radius 2 is 2.46 bits per heavy atom. The molecule has 2 aromatic rings. The molecule has 0 unspecified atom stereocenters. The molecule has 2 rings (SSSR count). The normalized spacial score (nSPS) is 20.1. The van der Waals surface area contributed by atoms with Gasteiger partial charge in [-0.05, 0) is 34.9 Å². The molecule has 0 N–H and O–H groups in total. The molecule has 2 heterocycles. The molecule has 0 atom stereocenters. The van der Waals surface area contributed by atoms with E-state index in [1.54, 1.807) is 0 Å². The van der Waals surface area contributed by atoms with Gasteiger partial charge in [0.2, 0.25) is 0 Å². The lowest BCUT2D eigenvalue weighted by atomic mass is 10.4. The predicted molar refractivity (Wildman–Crippen MR) is 53.8 cm³/mol. The topological polar surface area (TPSA) is 30.7 Å². The fourth-order valence-corrected chi connectivity index (χ4v) is 0.919. The van der Waals surface area contributed by atoms with E-state index in [1.807, 2.05) is 0 Å². The molecule has 0 spiro atoms. The molecule has 3 nitrogen and oxygen atoms in total. The van der Waals surface area contributed by atoms with Crippen LogP contribution in [0.5, 0.6) is 0 Å². The molecule has 0 bridgehead atoms. The highest BCUT2D eigenvalue weighted by molar-refractivity contribution is 9.10. The minimum atomic E-state index is -2.68. The van der Waals surface area contributed by atoms with Gasteiger partial charge < -0.3 is 0 Å². The number of rotatable bonds is 1. The van der Waals surface area contributed by atoms with Gasteiger partial charge in [0.05, 0.1) is 11.2 Å². The lowest BCUT2D eigenvalue weighted by molar-refractivity contribution is 0.990. The lowest BCUT2D eigenvalue weighted by Crippen LogP contribution is -1.92. The van der Waals surface area contributed by atoms with E-state index >= 15 is 0 Å². The van der Waals surface area contributed by atoms with Crippen molar-refractivity contribution in [3.63, 3.8) is 0 Å².